The van der Waals surface area contributed by atoms with Crippen LogP contribution in [0.15, 0.2) is 0 Å². The zero-order valence-corrected chi connectivity index (χ0v) is 12.2. The molecule has 0 bridgehead atoms. The first-order chi connectivity index (χ1) is 9.36. The van der Waals surface area contributed by atoms with Gasteiger partial charge in [0, 0.05) is 18.9 Å². The normalized spacial score (nSPS) is 28.4. The number of hydrogen-bond donors (Lipinski definition) is 1. The molecular formula is C16H29NO2. The van der Waals surface area contributed by atoms with Crippen LogP contribution in [0.5, 0.6) is 0 Å². The minimum Gasteiger partial charge on any atom is -0.348 e. The van der Waals surface area contributed by atoms with Gasteiger partial charge in [0.05, 0.1) is 13.2 Å². The van der Waals surface area contributed by atoms with Crippen molar-refractivity contribution in [2.75, 3.05) is 19.8 Å². The smallest absolute Gasteiger partial charge is 0.168 e. The standard InChI is InChI=1S/C16H29NO2/c1-2-5-14(4-1)6-3-11-17-15-7-9-16(10-8-15)18-12-13-19-16/h14-15,17H,1-13H2. The molecule has 2 saturated carbocycles. The number of ether oxygens (including phenoxy) is 2. The average molecular weight is 267 g/mol. The van der Waals surface area contributed by atoms with Crippen LogP contribution in [0.4, 0.5) is 0 Å². The maximum Gasteiger partial charge on any atom is 0.168 e. The van der Waals surface area contributed by atoms with E-state index in [-0.39, 0.29) is 5.79 Å². The average Bonchev–Trinajstić information content (AvgIpc) is 3.09. The van der Waals surface area contributed by atoms with Gasteiger partial charge < -0.3 is 14.8 Å². The second-order valence-electron chi connectivity index (χ2n) is 6.63. The molecule has 0 atom stereocenters. The fraction of sp³-hybridized carbons (Fsp3) is 1.00. The zero-order valence-electron chi connectivity index (χ0n) is 12.2. The summed E-state index contributed by atoms with van der Waals surface area (Å²) in [7, 11) is 0. The lowest BCUT2D eigenvalue weighted by atomic mass is 9.90. The van der Waals surface area contributed by atoms with Crippen molar-refractivity contribution in [1.82, 2.24) is 5.32 Å². The highest BCUT2D eigenvalue weighted by Crippen LogP contribution is 2.35. The van der Waals surface area contributed by atoms with Crippen LogP contribution in [0.3, 0.4) is 0 Å². The molecule has 1 spiro atoms. The summed E-state index contributed by atoms with van der Waals surface area (Å²) in [6, 6.07) is 0.696. The fourth-order valence-electron chi connectivity index (χ4n) is 4.04. The van der Waals surface area contributed by atoms with Crippen LogP contribution in [0.25, 0.3) is 0 Å². The molecule has 0 unspecified atom stereocenters. The van der Waals surface area contributed by atoms with E-state index in [1.807, 2.05) is 0 Å². The minimum absolute atomic E-state index is 0.192. The highest BCUT2D eigenvalue weighted by atomic mass is 16.7. The van der Waals surface area contributed by atoms with Gasteiger partial charge in [-0.05, 0) is 38.1 Å². The van der Waals surface area contributed by atoms with Gasteiger partial charge in [0.2, 0.25) is 0 Å². The van der Waals surface area contributed by atoms with E-state index in [0.717, 1.165) is 32.0 Å². The monoisotopic (exact) mass is 267 g/mol. The van der Waals surface area contributed by atoms with Crippen molar-refractivity contribution < 1.29 is 9.47 Å². The Kier molecular flexibility index (Phi) is 4.78. The van der Waals surface area contributed by atoms with Gasteiger partial charge in [-0.2, -0.15) is 0 Å². The Hall–Kier alpha value is -0.120. The summed E-state index contributed by atoms with van der Waals surface area (Å²) in [6.45, 7) is 2.79. The minimum atomic E-state index is -0.192. The molecule has 2 aliphatic carbocycles. The first-order valence-corrected chi connectivity index (χ1v) is 8.38. The van der Waals surface area contributed by atoms with E-state index in [1.54, 1.807) is 0 Å². The molecule has 0 aromatic rings. The summed E-state index contributed by atoms with van der Waals surface area (Å²) in [5.41, 5.74) is 0. The van der Waals surface area contributed by atoms with Crippen molar-refractivity contribution in [3.05, 3.63) is 0 Å². The van der Waals surface area contributed by atoms with Crippen LogP contribution in [0.2, 0.25) is 0 Å². The molecule has 1 N–H and O–H groups in total. The topological polar surface area (TPSA) is 30.5 Å². The molecule has 1 aliphatic heterocycles. The van der Waals surface area contributed by atoms with E-state index in [9.17, 15) is 0 Å². The summed E-state index contributed by atoms with van der Waals surface area (Å²) in [5, 5.41) is 3.74. The third-order valence-corrected chi connectivity index (χ3v) is 5.26. The number of nitrogens with one attached hydrogen (secondary N) is 1. The fourth-order valence-corrected chi connectivity index (χ4v) is 4.04. The lowest BCUT2D eigenvalue weighted by Crippen LogP contribution is -2.42. The van der Waals surface area contributed by atoms with E-state index < -0.39 is 0 Å². The van der Waals surface area contributed by atoms with Crippen molar-refractivity contribution in [1.29, 1.82) is 0 Å². The molecule has 3 aliphatic rings. The highest BCUT2D eigenvalue weighted by molar-refractivity contribution is 4.85. The van der Waals surface area contributed by atoms with E-state index in [4.69, 9.17) is 9.47 Å². The van der Waals surface area contributed by atoms with Crippen molar-refractivity contribution in [2.24, 2.45) is 5.92 Å². The maximum absolute atomic E-state index is 5.77. The molecule has 1 heterocycles. The van der Waals surface area contributed by atoms with Gasteiger partial charge in [-0.25, -0.2) is 0 Å². The number of hydrogen-bond acceptors (Lipinski definition) is 3. The van der Waals surface area contributed by atoms with Crippen LogP contribution in [-0.4, -0.2) is 31.6 Å². The van der Waals surface area contributed by atoms with Crippen LogP contribution in [0.1, 0.15) is 64.2 Å². The zero-order chi connectivity index (χ0) is 13.0. The third kappa shape index (κ3) is 3.71. The molecule has 3 rings (SSSR count). The van der Waals surface area contributed by atoms with Crippen molar-refractivity contribution in [3.63, 3.8) is 0 Å². The molecule has 19 heavy (non-hydrogen) atoms. The van der Waals surface area contributed by atoms with Crippen molar-refractivity contribution >= 4 is 0 Å². The summed E-state index contributed by atoms with van der Waals surface area (Å²) in [5.74, 6) is 0.846. The highest BCUT2D eigenvalue weighted by Gasteiger charge is 2.39. The molecular weight excluding hydrogens is 238 g/mol. The molecule has 3 heteroatoms. The molecule has 110 valence electrons. The first-order valence-electron chi connectivity index (χ1n) is 8.38. The lowest BCUT2D eigenvalue weighted by Gasteiger charge is -2.35. The molecule has 3 nitrogen and oxygen atoms in total. The third-order valence-electron chi connectivity index (χ3n) is 5.26. The van der Waals surface area contributed by atoms with E-state index in [1.165, 1.54) is 57.9 Å². The summed E-state index contributed by atoms with van der Waals surface area (Å²) in [4.78, 5) is 0. The predicted molar refractivity (Wildman–Crippen MR) is 76.1 cm³/mol. The Bertz CT molecular complexity index is 260. The Labute approximate surface area is 117 Å². The second-order valence-corrected chi connectivity index (χ2v) is 6.63. The Morgan fingerprint density at radius 1 is 0.947 bits per heavy atom. The first kappa shape index (κ1) is 13.8. The van der Waals surface area contributed by atoms with Crippen molar-refractivity contribution in [3.8, 4) is 0 Å². The van der Waals surface area contributed by atoms with Gasteiger partial charge in [-0.3, -0.25) is 0 Å². The predicted octanol–water partition coefficient (Wildman–Crippen LogP) is 3.23. The summed E-state index contributed by atoms with van der Waals surface area (Å²) < 4.78 is 11.5. The van der Waals surface area contributed by atoms with Crippen LogP contribution >= 0.6 is 0 Å². The second kappa shape index (κ2) is 6.55. The Morgan fingerprint density at radius 2 is 1.63 bits per heavy atom. The summed E-state index contributed by atoms with van der Waals surface area (Å²) >= 11 is 0. The van der Waals surface area contributed by atoms with Gasteiger partial charge in [0.1, 0.15) is 0 Å². The Morgan fingerprint density at radius 3 is 2.32 bits per heavy atom. The van der Waals surface area contributed by atoms with Gasteiger partial charge in [0.25, 0.3) is 0 Å². The molecule has 0 amide bonds. The van der Waals surface area contributed by atoms with Gasteiger partial charge in [-0.1, -0.05) is 25.7 Å². The maximum atomic E-state index is 5.77. The van der Waals surface area contributed by atoms with E-state index in [0.29, 0.717) is 6.04 Å². The molecule has 0 radical (unpaired) electrons. The number of rotatable bonds is 5. The molecule has 0 aromatic carbocycles. The van der Waals surface area contributed by atoms with Gasteiger partial charge in [0.15, 0.2) is 5.79 Å². The molecule has 1 saturated heterocycles. The van der Waals surface area contributed by atoms with Crippen LogP contribution < -0.4 is 5.32 Å². The quantitative estimate of drug-likeness (QED) is 0.776. The largest absolute Gasteiger partial charge is 0.348 e. The van der Waals surface area contributed by atoms with E-state index in [2.05, 4.69) is 5.32 Å². The van der Waals surface area contributed by atoms with Crippen LogP contribution in [0, 0.1) is 5.92 Å². The van der Waals surface area contributed by atoms with Crippen LogP contribution in [-0.2, 0) is 9.47 Å². The van der Waals surface area contributed by atoms with Crippen molar-refractivity contribution in [2.45, 2.75) is 76.0 Å². The van der Waals surface area contributed by atoms with E-state index >= 15 is 0 Å². The summed E-state index contributed by atoms with van der Waals surface area (Å²) in [6.07, 6.45) is 13.3. The van der Waals surface area contributed by atoms with Gasteiger partial charge in [-0.15, -0.1) is 0 Å². The SMILES string of the molecule is C1CCC(CCCNC2CCC3(CC2)OCCO3)C1. The molecule has 0 aromatic heterocycles. The van der Waals surface area contributed by atoms with Gasteiger partial charge >= 0.3 is 0 Å². The Balaban J connectivity index is 1.27. The molecule has 3 fully saturated rings. The lowest BCUT2D eigenvalue weighted by molar-refractivity contribution is -0.179.